The van der Waals surface area contributed by atoms with Crippen LogP contribution in [0.25, 0.3) is 0 Å². The van der Waals surface area contributed by atoms with Gasteiger partial charge in [0.1, 0.15) is 5.82 Å². The number of aromatic nitrogens is 1. The van der Waals surface area contributed by atoms with Crippen molar-refractivity contribution in [2.45, 2.75) is 25.1 Å². The number of anilines is 1. The van der Waals surface area contributed by atoms with E-state index in [0.717, 1.165) is 37.0 Å². The van der Waals surface area contributed by atoms with Crippen molar-refractivity contribution in [3.05, 3.63) is 23.9 Å². The molecule has 0 amide bonds. The number of nitrogens with one attached hydrogen (secondary N) is 1. The van der Waals surface area contributed by atoms with Gasteiger partial charge in [0, 0.05) is 18.6 Å². The van der Waals surface area contributed by atoms with Crippen LogP contribution in [0.15, 0.2) is 18.3 Å². The lowest BCUT2D eigenvalue weighted by molar-refractivity contribution is 0.195. The number of ether oxygens (including phenoxy) is 1. The minimum atomic E-state index is 0.432. The summed E-state index contributed by atoms with van der Waals surface area (Å²) in [4.78, 5) is 4.34. The van der Waals surface area contributed by atoms with E-state index in [1.165, 1.54) is 5.56 Å². The van der Waals surface area contributed by atoms with Gasteiger partial charge in [-0.25, -0.2) is 4.98 Å². The van der Waals surface area contributed by atoms with Crippen LogP contribution in [0.5, 0.6) is 0 Å². The first-order chi connectivity index (χ1) is 7.88. The SMILES string of the molecule is CCSCc1ccnc(NC2CCOC2)c1. The normalized spacial score (nSPS) is 19.9. The monoisotopic (exact) mass is 238 g/mol. The van der Waals surface area contributed by atoms with Gasteiger partial charge in [-0.3, -0.25) is 0 Å². The molecule has 1 unspecified atom stereocenters. The highest BCUT2D eigenvalue weighted by molar-refractivity contribution is 7.98. The molecule has 3 nitrogen and oxygen atoms in total. The average Bonchev–Trinajstić information content (AvgIpc) is 2.80. The molecule has 0 radical (unpaired) electrons. The fourth-order valence-electron chi connectivity index (χ4n) is 1.72. The molecule has 16 heavy (non-hydrogen) atoms. The van der Waals surface area contributed by atoms with Crippen LogP contribution in [0.3, 0.4) is 0 Å². The number of hydrogen-bond acceptors (Lipinski definition) is 4. The van der Waals surface area contributed by atoms with Crippen LogP contribution in [0.4, 0.5) is 5.82 Å². The predicted molar refractivity (Wildman–Crippen MR) is 68.9 cm³/mol. The third-order valence-electron chi connectivity index (χ3n) is 2.58. The molecule has 1 aliphatic rings. The average molecular weight is 238 g/mol. The van der Waals surface area contributed by atoms with Crippen LogP contribution in [-0.2, 0) is 10.5 Å². The van der Waals surface area contributed by atoms with Gasteiger partial charge in [-0.1, -0.05) is 6.92 Å². The van der Waals surface area contributed by atoms with Crippen molar-refractivity contribution >= 4 is 17.6 Å². The summed E-state index contributed by atoms with van der Waals surface area (Å²) in [6.45, 7) is 3.85. The standard InChI is InChI=1S/C12H18N2OS/c1-2-16-9-10-3-5-13-12(7-10)14-11-4-6-15-8-11/h3,5,7,11H,2,4,6,8-9H2,1H3,(H,13,14). The van der Waals surface area contributed by atoms with Crippen molar-refractivity contribution in [1.82, 2.24) is 4.98 Å². The minimum absolute atomic E-state index is 0.432. The molecule has 0 saturated carbocycles. The number of nitrogens with zero attached hydrogens (tertiary/aromatic N) is 1. The fraction of sp³-hybridized carbons (Fsp3) is 0.583. The van der Waals surface area contributed by atoms with Crippen LogP contribution in [-0.4, -0.2) is 30.0 Å². The third kappa shape index (κ3) is 3.39. The Morgan fingerprint density at radius 3 is 3.31 bits per heavy atom. The maximum Gasteiger partial charge on any atom is 0.126 e. The molecule has 0 bridgehead atoms. The van der Waals surface area contributed by atoms with Crippen molar-refractivity contribution in [3.63, 3.8) is 0 Å². The summed E-state index contributed by atoms with van der Waals surface area (Å²) in [5.74, 6) is 3.20. The second-order valence-corrected chi connectivity index (χ2v) is 5.17. The van der Waals surface area contributed by atoms with Crippen LogP contribution < -0.4 is 5.32 Å². The first-order valence-corrected chi connectivity index (χ1v) is 6.91. The van der Waals surface area contributed by atoms with Gasteiger partial charge in [-0.2, -0.15) is 11.8 Å². The summed E-state index contributed by atoms with van der Waals surface area (Å²) in [5.41, 5.74) is 1.34. The molecular weight excluding hydrogens is 220 g/mol. The van der Waals surface area contributed by atoms with Crippen molar-refractivity contribution in [1.29, 1.82) is 0 Å². The maximum atomic E-state index is 5.33. The Kier molecular flexibility index (Phi) is 4.48. The first-order valence-electron chi connectivity index (χ1n) is 5.75. The second-order valence-electron chi connectivity index (χ2n) is 3.89. The molecule has 0 spiro atoms. The first kappa shape index (κ1) is 11.7. The molecule has 0 aliphatic carbocycles. The lowest BCUT2D eigenvalue weighted by Crippen LogP contribution is -2.19. The molecule has 1 fully saturated rings. The lowest BCUT2D eigenvalue weighted by Gasteiger charge is -2.11. The highest BCUT2D eigenvalue weighted by Gasteiger charge is 2.15. The molecule has 1 aliphatic heterocycles. The Morgan fingerprint density at radius 2 is 2.56 bits per heavy atom. The highest BCUT2D eigenvalue weighted by Crippen LogP contribution is 2.16. The predicted octanol–water partition coefficient (Wildman–Crippen LogP) is 2.54. The molecule has 1 atom stereocenters. The van der Waals surface area contributed by atoms with E-state index in [0.29, 0.717) is 6.04 Å². The summed E-state index contributed by atoms with van der Waals surface area (Å²) in [5, 5.41) is 3.41. The van der Waals surface area contributed by atoms with E-state index in [1.54, 1.807) is 0 Å². The number of thioether (sulfide) groups is 1. The van der Waals surface area contributed by atoms with Gasteiger partial charge in [0.2, 0.25) is 0 Å². The van der Waals surface area contributed by atoms with Gasteiger partial charge in [0.15, 0.2) is 0 Å². The molecule has 0 aromatic carbocycles. The Morgan fingerprint density at radius 1 is 1.62 bits per heavy atom. The topological polar surface area (TPSA) is 34.2 Å². The van der Waals surface area contributed by atoms with E-state index in [9.17, 15) is 0 Å². The molecule has 1 saturated heterocycles. The largest absolute Gasteiger partial charge is 0.379 e. The molecule has 1 aromatic rings. The zero-order valence-electron chi connectivity index (χ0n) is 9.61. The summed E-state index contributed by atoms with van der Waals surface area (Å²) < 4.78 is 5.33. The second kappa shape index (κ2) is 6.11. The molecule has 4 heteroatoms. The number of pyridine rings is 1. The minimum Gasteiger partial charge on any atom is -0.379 e. The van der Waals surface area contributed by atoms with E-state index < -0.39 is 0 Å². The maximum absolute atomic E-state index is 5.33. The van der Waals surface area contributed by atoms with Gasteiger partial charge in [-0.15, -0.1) is 0 Å². The zero-order chi connectivity index (χ0) is 11.2. The Balaban J connectivity index is 1.92. The Hall–Kier alpha value is -0.740. The van der Waals surface area contributed by atoms with Crippen LogP contribution in [0.2, 0.25) is 0 Å². The van der Waals surface area contributed by atoms with E-state index in [-0.39, 0.29) is 0 Å². The quantitative estimate of drug-likeness (QED) is 0.855. The summed E-state index contributed by atoms with van der Waals surface area (Å²) in [7, 11) is 0. The molecular formula is C12H18N2OS. The highest BCUT2D eigenvalue weighted by atomic mass is 32.2. The van der Waals surface area contributed by atoms with Gasteiger partial charge < -0.3 is 10.1 Å². The third-order valence-corrected chi connectivity index (χ3v) is 3.52. The van der Waals surface area contributed by atoms with Gasteiger partial charge in [-0.05, 0) is 29.9 Å². The molecule has 88 valence electrons. The van der Waals surface area contributed by atoms with Crippen molar-refractivity contribution in [3.8, 4) is 0 Å². The van der Waals surface area contributed by atoms with Gasteiger partial charge in [0.25, 0.3) is 0 Å². The number of hydrogen-bond donors (Lipinski definition) is 1. The Bertz CT molecular complexity index is 327. The lowest BCUT2D eigenvalue weighted by atomic mass is 10.2. The van der Waals surface area contributed by atoms with E-state index >= 15 is 0 Å². The molecule has 2 rings (SSSR count). The fourth-order valence-corrected chi connectivity index (χ4v) is 2.34. The smallest absolute Gasteiger partial charge is 0.126 e. The van der Waals surface area contributed by atoms with E-state index in [4.69, 9.17) is 4.74 Å². The summed E-state index contributed by atoms with van der Waals surface area (Å²) in [6.07, 6.45) is 2.96. The van der Waals surface area contributed by atoms with Crippen LogP contribution >= 0.6 is 11.8 Å². The summed E-state index contributed by atoms with van der Waals surface area (Å²) in [6, 6.07) is 4.65. The zero-order valence-corrected chi connectivity index (χ0v) is 10.4. The summed E-state index contributed by atoms with van der Waals surface area (Å²) >= 11 is 1.93. The molecule has 2 heterocycles. The molecule has 1 aromatic heterocycles. The van der Waals surface area contributed by atoms with Crippen LogP contribution in [0, 0.1) is 0 Å². The number of rotatable bonds is 5. The van der Waals surface area contributed by atoms with E-state index in [1.807, 2.05) is 18.0 Å². The Labute approximate surface area is 101 Å². The van der Waals surface area contributed by atoms with Gasteiger partial charge in [0.05, 0.1) is 12.6 Å². The van der Waals surface area contributed by atoms with E-state index in [2.05, 4.69) is 29.4 Å². The molecule has 1 N–H and O–H groups in total. The van der Waals surface area contributed by atoms with Crippen molar-refractivity contribution < 1.29 is 4.74 Å². The van der Waals surface area contributed by atoms with Gasteiger partial charge >= 0.3 is 0 Å². The van der Waals surface area contributed by atoms with Crippen LogP contribution in [0.1, 0.15) is 18.9 Å². The van der Waals surface area contributed by atoms with Crippen molar-refractivity contribution in [2.75, 3.05) is 24.3 Å². The van der Waals surface area contributed by atoms with Crippen molar-refractivity contribution in [2.24, 2.45) is 0 Å².